The summed E-state index contributed by atoms with van der Waals surface area (Å²) in [5.74, 6) is -0.0558. The van der Waals surface area contributed by atoms with Crippen molar-refractivity contribution in [1.29, 1.82) is 0 Å². The molecule has 3 heteroatoms. The number of ether oxygens (including phenoxy) is 1. The molecule has 0 aliphatic rings. The zero-order valence-corrected chi connectivity index (χ0v) is 9.53. The Bertz CT molecular complexity index is 485. The molecule has 2 aromatic carbocycles. The van der Waals surface area contributed by atoms with Gasteiger partial charge >= 0.3 is 0 Å². The fourth-order valence-electron chi connectivity index (χ4n) is 1.62. The molecule has 17 heavy (non-hydrogen) atoms. The lowest BCUT2D eigenvalue weighted by Gasteiger charge is -2.10. The fourth-order valence-corrected chi connectivity index (χ4v) is 1.62. The highest BCUT2D eigenvalue weighted by Crippen LogP contribution is 2.22. The van der Waals surface area contributed by atoms with Crippen LogP contribution >= 0.6 is 0 Å². The van der Waals surface area contributed by atoms with E-state index in [0.29, 0.717) is 6.54 Å². The number of para-hydroxylation sites is 2. The van der Waals surface area contributed by atoms with Gasteiger partial charge in [-0.25, -0.2) is 4.39 Å². The first-order valence-corrected chi connectivity index (χ1v) is 5.33. The van der Waals surface area contributed by atoms with Crippen LogP contribution in [0.15, 0.2) is 42.5 Å². The van der Waals surface area contributed by atoms with Gasteiger partial charge < -0.3 is 10.1 Å². The SMILES string of the molecule is COc1c(F)cccc1CNc1[c]cccc1. The summed E-state index contributed by atoms with van der Waals surface area (Å²) in [6, 6.07) is 15.5. The molecule has 0 atom stereocenters. The van der Waals surface area contributed by atoms with Gasteiger partial charge in [-0.3, -0.25) is 0 Å². The highest BCUT2D eigenvalue weighted by molar-refractivity contribution is 5.44. The van der Waals surface area contributed by atoms with Gasteiger partial charge in [0.15, 0.2) is 11.6 Å². The molecule has 0 aromatic heterocycles. The first kappa shape index (κ1) is 11.5. The number of rotatable bonds is 4. The van der Waals surface area contributed by atoms with E-state index < -0.39 is 0 Å². The predicted octanol–water partition coefficient (Wildman–Crippen LogP) is 3.25. The second-order valence-corrected chi connectivity index (χ2v) is 3.56. The van der Waals surface area contributed by atoms with Gasteiger partial charge in [-0.1, -0.05) is 30.3 Å². The lowest BCUT2D eigenvalue weighted by molar-refractivity contribution is 0.382. The van der Waals surface area contributed by atoms with E-state index in [1.54, 1.807) is 6.07 Å². The number of methoxy groups -OCH3 is 1. The summed E-state index contributed by atoms with van der Waals surface area (Å²) in [6.45, 7) is 0.501. The maximum absolute atomic E-state index is 13.4. The van der Waals surface area contributed by atoms with Gasteiger partial charge in [0, 0.05) is 23.9 Å². The minimum atomic E-state index is -0.344. The molecule has 0 bridgehead atoms. The minimum absolute atomic E-state index is 0.288. The Labute approximate surface area is 100 Å². The van der Waals surface area contributed by atoms with Gasteiger partial charge in [0.25, 0.3) is 0 Å². The number of hydrogen-bond donors (Lipinski definition) is 1. The molecule has 2 rings (SSSR count). The molecule has 2 nitrogen and oxygen atoms in total. The summed E-state index contributed by atoms with van der Waals surface area (Å²) < 4.78 is 18.5. The molecule has 2 aromatic rings. The maximum Gasteiger partial charge on any atom is 0.165 e. The van der Waals surface area contributed by atoms with Crippen LogP contribution in [-0.4, -0.2) is 7.11 Å². The smallest absolute Gasteiger partial charge is 0.165 e. The van der Waals surface area contributed by atoms with Crippen molar-refractivity contribution in [3.63, 3.8) is 0 Å². The summed E-state index contributed by atoms with van der Waals surface area (Å²) in [4.78, 5) is 0. The van der Waals surface area contributed by atoms with Gasteiger partial charge in [0.1, 0.15) is 0 Å². The van der Waals surface area contributed by atoms with Crippen LogP contribution in [0.1, 0.15) is 5.56 Å². The topological polar surface area (TPSA) is 21.3 Å². The van der Waals surface area contributed by atoms with Crippen molar-refractivity contribution < 1.29 is 9.13 Å². The van der Waals surface area contributed by atoms with Crippen LogP contribution in [0.3, 0.4) is 0 Å². The normalized spacial score (nSPS) is 10.0. The third-order valence-corrected chi connectivity index (χ3v) is 2.43. The molecular weight excluding hydrogens is 217 g/mol. The van der Waals surface area contributed by atoms with Crippen LogP contribution in [0.5, 0.6) is 5.75 Å². The number of nitrogens with one attached hydrogen (secondary N) is 1. The third kappa shape index (κ3) is 2.75. The lowest BCUT2D eigenvalue weighted by atomic mass is 10.2. The minimum Gasteiger partial charge on any atom is -0.493 e. The molecular formula is C14H13FNO. The van der Waals surface area contributed by atoms with Crippen LogP contribution in [0.2, 0.25) is 0 Å². The van der Waals surface area contributed by atoms with E-state index in [1.165, 1.54) is 13.2 Å². The molecule has 1 N–H and O–H groups in total. The highest BCUT2D eigenvalue weighted by atomic mass is 19.1. The van der Waals surface area contributed by atoms with Gasteiger partial charge in [0.2, 0.25) is 0 Å². The van der Waals surface area contributed by atoms with Crippen molar-refractivity contribution in [1.82, 2.24) is 0 Å². The molecule has 0 amide bonds. The molecule has 87 valence electrons. The Kier molecular flexibility index (Phi) is 3.60. The lowest BCUT2D eigenvalue weighted by Crippen LogP contribution is -2.02. The summed E-state index contributed by atoms with van der Waals surface area (Å²) in [7, 11) is 1.47. The average molecular weight is 230 g/mol. The standard InChI is InChI=1S/C14H13FNO/c1-17-14-11(6-5-9-13(14)15)10-16-12-7-3-2-4-8-12/h2-7,9,16H,10H2,1H3. The second kappa shape index (κ2) is 5.34. The monoisotopic (exact) mass is 230 g/mol. The zero-order chi connectivity index (χ0) is 12.1. The molecule has 0 aliphatic carbocycles. The van der Waals surface area contributed by atoms with Gasteiger partial charge in [0.05, 0.1) is 7.11 Å². The Morgan fingerprint density at radius 1 is 1.24 bits per heavy atom. The Morgan fingerprint density at radius 2 is 2.12 bits per heavy atom. The van der Waals surface area contributed by atoms with E-state index in [0.717, 1.165) is 11.3 Å². The van der Waals surface area contributed by atoms with Gasteiger partial charge in [-0.2, -0.15) is 0 Å². The molecule has 0 aliphatic heterocycles. The van der Waals surface area contributed by atoms with Gasteiger partial charge in [-0.05, 0) is 12.1 Å². The number of halogens is 1. The van der Waals surface area contributed by atoms with Crippen molar-refractivity contribution in [3.05, 3.63) is 59.9 Å². The van der Waals surface area contributed by atoms with Gasteiger partial charge in [-0.15, -0.1) is 0 Å². The molecule has 0 fully saturated rings. The second-order valence-electron chi connectivity index (χ2n) is 3.56. The Balaban J connectivity index is 2.12. The van der Waals surface area contributed by atoms with Crippen LogP contribution < -0.4 is 10.1 Å². The van der Waals surface area contributed by atoms with Crippen molar-refractivity contribution >= 4 is 5.69 Å². The van der Waals surface area contributed by atoms with E-state index in [9.17, 15) is 4.39 Å². The van der Waals surface area contributed by atoms with Crippen LogP contribution in [0, 0.1) is 11.9 Å². The van der Waals surface area contributed by atoms with E-state index in [4.69, 9.17) is 4.74 Å². The summed E-state index contributed by atoms with van der Waals surface area (Å²) in [5.41, 5.74) is 1.66. The number of anilines is 1. The van der Waals surface area contributed by atoms with Crippen LogP contribution in [-0.2, 0) is 6.54 Å². The third-order valence-electron chi connectivity index (χ3n) is 2.43. The zero-order valence-electron chi connectivity index (χ0n) is 9.53. The molecule has 1 radical (unpaired) electrons. The van der Waals surface area contributed by atoms with E-state index in [1.807, 2.05) is 30.3 Å². The van der Waals surface area contributed by atoms with Crippen molar-refractivity contribution in [3.8, 4) is 5.75 Å². The Hall–Kier alpha value is -2.03. The van der Waals surface area contributed by atoms with E-state index in [2.05, 4.69) is 11.4 Å². The maximum atomic E-state index is 13.4. The molecule has 0 saturated heterocycles. The number of hydrogen-bond acceptors (Lipinski definition) is 2. The number of benzene rings is 2. The largest absolute Gasteiger partial charge is 0.493 e. The van der Waals surface area contributed by atoms with Crippen LogP contribution in [0.25, 0.3) is 0 Å². The highest BCUT2D eigenvalue weighted by Gasteiger charge is 2.07. The van der Waals surface area contributed by atoms with E-state index in [-0.39, 0.29) is 11.6 Å². The molecule has 0 spiro atoms. The van der Waals surface area contributed by atoms with Crippen molar-refractivity contribution in [2.45, 2.75) is 6.54 Å². The molecule has 0 unspecified atom stereocenters. The quantitative estimate of drug-likeness (QED) is 0.870. The fraction of sp³-hybridized carbons (Fsp3) is 0.143. The molecule has 0 saturated carbocycles. The van der Waals surface area contributed by atoms with Crippen molar-refractivity contribution in [2.75, 3.05) is 12.4 Å². The first-order valence-electron chi connectivity index (χ1n) is 5.33. The summed E-state index contributed by atoms with van der Waals surface area (Å²) >= 11 is 0. The van der Waals surface area contributed by atoms with E-state index >= 15 is 0 Å². The average Bonchev–Trinajstić information content (AvgIpc) is 2.37. The van der Waals surface area contributed by atoms with Crippen molar-refractivity contribution in [2.24, 2.45) is 0 Å². The predicted molar refractivity (Wildman–Crippen MR) is 65.6 cm³/mol. The summed E-state index contributed by atoms with van der Waals surface area (Å²) in [5, 5.41) is 3.16. The molecule has 0 heterocycles. The Morgan fingerprint density at radius 3 is 2.82 bits per heavy atom. The summed E-state index contributed by atoms with van der Waals surface area (Å²) in [6.07, 6.45) is 0. The van der Waals surface area contributed by atoms with Crippen LogP contribution in [0.4, 0.5) is 10.1 Å². The first-order chi connectivity index (χ1) is 8.31.